The zero-order chi connectivity index (χ0) is 21.4. The molecule has 31 heavy (non-hydrogen) atoms. The molecule has 0 fully saturated rings. The quantitative estimate of drug-likeness (QED) is 0.468. The highest BCUT2D eigenvalue weighted by atomic mass is 16.1. The lowest BCUT2D eigenvalue weighted by molar-refractivity contribution is 0.100. The number of amides is 1. The van der Waals surface area contributed by atoms with Crippen LogP contribution in [0.3, 0.4) is 0 Å². The normalized spacial score (nSPS) is 13.2. The van der Waals surface area contributed by atoms with Gasteiger partial charge in [0.25, 0.3) is 0 Å². The zero-order valence-corrected chi connectivity index (χ0v) is 17.4. The second kappa shape index (κ2) is 7.85. The fourth-order valence-electron chi connectivity index (χ4n) is 4.22. The number of nitrogens with two attached hydrogens (primary N) is 1. The number of primary amides is 1. The number of hydrogen-bond donors (Lipinski definition) is 3. The van der Waals surface area contributed by atoms with E-state index in [-0.39, 0.29) is 0 Å². The van der Waals surface area contributed by atoms with Crippen LogP contribution in [0, 0.1) is 6.92 Å². The van der Waals surface area contributed by atoms with Crippen molar-refractivity contribution in [3.05, 3.63) is 82.7 Å². The maximum atomic E-state index is 11.9. The van der Waals surface area contributed by atoms with Gasteiger partial charge in [-0.1, -0.05) is 36.4 Å². The molecule has 7 heteroatoms. The van der Waals surface area contributed by atoms with Crippen molar-refractivity contribution in [1.82, 2.24) is 19.9 Å². The van der Waals surface area contributed by atoms with Gasteiger partial charge in [-0.05, 0) is 43.7 Å². The Morgan fingerprint density at radius 2 is 2.00 bits per heavy atom. The monoisotopic (exact) mass is 412 g/mol. The van der Waals surface area contributed by atoms with Crippen LogP contribution in [0.5, 0.6) is 0 Å². The van der Waals surface area contributed by atoms with Crippen molar-refractivity contribution in [3.63, 3.8) is 0 Å². The molecule has 0 saturated heterocycles. The molecule has 0 radical (unpaired) electrons. The van der Waals surface area contributed by atoms with Crippen LogP contribution in [0.25, 0.3) is 16.9 Å². The molecule has 4 aromatic rings. The number of fused-ring (bicyclic) bond motifs is 2. The SMILES string of the molecule is Cc1cc2c(C(N)=O)cccc2n1-c1nc2c(c(NCc3ccccc3)n1)CCNC2. The summed E-state index contributed by atoms with van der Waals surface area (Å²) in [4.78, 5) is 21.7. The lowest BCUT2D eigenvalue weighted by Crippen LogP contribution is -2.27. The van der Waals surface area contributed by atoms with E-state index in [1.807, 2.05) is 47.9 Å². The summed E-state index contributed by atoms with van der Waals surface area (Å²) < 4.78 is 1.99. The van der Waals surface area contributed by atoms with E-state index in [0.29, 0.717) is 24.6 Å². The molecular weight excluding hydrogens is 388 g/mol. The molecule has 1 amide bonds. The summed E-state index contributed by atoms with van der Waals surface area (Å²) in [7, 11) is 0. The van der Waals surface area contributed by atoms with Gasteiger partial charge in [0, 0.05) is 35.3 Å². The van der Waals surface area contributed by atoms with Gasteiger partial charge >= 0.3 is 0 Å². The van der Waals surface area contributed by atoms with Gasteiger partial charge in [0.05, 0.1) is 11.2 Å². The number of aromatic nitrogens is 3. The Bertz CT molecular complexity index is 1280. The minimum atomic E-state index is -0.441. The van der Waals surface area contributed by atoms with E-state index >= 15 is 0 Å². The highest BCUT2D eigenvalue weighted by molar-refractivity contribution is 6.06. The topological polar surface area (TPSA) is 97.9 Å². The predicted octanol–water partition coefficient (Wildman–Crippen LogP) is 3.09. The number of carbonyl (C=O) groups is 1. The predicted molar refractivity (Wildman–Crippen MR) is 121 cm³/mol. The van der Waals surface area contributed by atoms with E-state index in [0.717, 1.165) is 46.6 Å². The first-order valence-electron chi connectivity index (χ1n) is 10.4. The first-order valence-corrected chi connectivity index (χ1v) is 10.4. The molecule has 3 heterocycles. The van der Waals surface area contributed by atoms with E-state index in [1.54, 1.807) is 6.07 Å². The number of hydrogen-bond acceptors (Lipinski definition) is 5. The molecule has 156 valence electrons. The van der Waals surface area contributed by atoms with Crippen LogP contribution in [-0.2, 0) is 19.5 Å². The first-order chi connectivity index (χ1) is 15.1. The lowest BCUT2D eigenvalue weighted by Gasteiger charge is -2.21. The molecule has 0 saturated carbocycles. The van der Waals surface area contributed by atoms with Gasteiger partial charge in [0.1, 0.15) is 5.82 Å². The van der Waals surface area contributed by atoms with Crippen molar-refractivity contribution in [3.8, 4) is 5.95 Å². The van der Waals surface area contributed by atoms with Crippen LogP contribution in [0.2, 0.25) is 0 Å². The van der Waals surface area contributed by atoms with E-state index in [9.17, 15) is 4.79 Å². The molecule has 0 spiro atoms. The molecule has 0 atom stereocenters. The molecule has 1 aliphatic heterocycles. The Morgan fingerprint density at radius 3 is 2.81 bits per heavy atom. The third kappa shape index (κ3) is 3.53. The highest BCUT2D eigenvalue weighted by Gasteiger charge is 2.21. The van der Waals surface area contributed by atoms with E-state index in [1.165, 1.54) is 5.56 Å². The van der Waals surface area contributed by atoms with Gasteiger partial charge < -0.3 is 16.4 Å². The third-order valence-electron chi connectivity index (χ3n) is 5.72. The van der Waals surface area contributed by atoms with Gasteiger partial charge in [0.2, 0.25) is 11.9 Å². The summed E-state index contributed by atoms with van der Waals surface area (Å²) in [6.07, 6.45) is 0.879. The van der Waals surface area contributed by atoms with E-state index in [2.05, 4.69) is 22.8 Å². The van der Waals surface area contributed by atoms with Crippen LogP contribution in [-0.4, -0.2) is 27.0 Å². The first kappa shape index (κ1) is 19.3. The van der Waals surface area contributed by atoms with Gasteiger partial charge in [-0.25, -0.2) is 4.98 Å². The van der Waals surface area contributed by atoms with Gasteiger partial charge in [-0.3, -0.25) is 9.36 Å². The third-order valence-corrected chi connectivity index (χ3v) is 5.72. The number of nitrogens with zero attached hydrogens (tertiary/aromatic N) is 3. The zero-order valence-electron chi connectivity index (χ0n) is 17.4. The molecule has 2 aromatic carbocycles. The summed E-state index contributed by atoms with van der Waals surface area (Å²) in [6.45, 7) is 4.29. The average Bonchev–Trinajstić information content (AvgIpc) is 3.13. The second-order valence-corrected chi connectivity index (χ2v) is 7.79. The standard InChI is InChI=1S/C24H24N6O/c1-15-12-19-17(22(25)31)8-5-9-21(19)30(15)24-28-20-14-26-11-10-18(20)23(29-24)27-13-16-6-3-2-4-7-16/h2-9,12,26H,10-11,13-14H2,1H3,(H2,25,31)(H,27,28,29). The molecule has 4 N–H and O–H groups in total. The number of nitrogens with one attached hydrogen (secondary N) is 2. The molecule has 0 aliphatic carbocycles. The van der Waals surface area contributed by atoms with E-state index < -0.39 is 5.91 Å². The summed E-state index contributed by atoms with van der Waals surface area (Å²) in [5.41, 5.74) is 11.3. The molecule has 2 aromatic heterocycles. The van der Waals surface area contributed by atoms with Gasteiger partial charge in [-0.15, -0.1) is 0 Å². The van der Waals surface area contributed by atoms with Crippen molar-refractivity contribution in [1.29, 1.82) is 0 Å². The lowest BCUT2D eigenvalue weighted by atomic mass is 10.1. The fourth-order valence-corrected chi connectivity index (χ4v) is 4.22. The van der Waals surface area contributed by atoms with Crippen molar-refractivity contribution >= 4 is 22.6 Å². The Hall–Kier alpha value is -3.71. The Labute approximate surface area is 180 Å². The number of benzene rings is 2. The molecule has 5 rings (SSSR count). The minimum absolute atomic E-state index is 0.441. The van der Waals surface area contributed by atoms with Gasteiger partial charge in [-0.2, -0.15) is 4.98 Å². The Kier molecular flexibility index (Phi) is 4.88. The van der Waals surface area contributed by atoms with Crippen LogP contribution >= 0.6 is 0 Å². The highest BCUT2D eigenvalue weighted by Crippen LogP contribution is 2.28. The minimum Gasteiger partial charge on any atom is -0.366 e. The summed E-state index contributed by atoms with van der Waals surface area (Å²) in [6, 6.07) is 17.8. The second-order valence-electron chi connectivity index (χ2n) is 7.79. The number of aryl methyl sites for hydroxylation is 1. The van der Waals surface area contributed by atoms with Crippen molar-refractivity contribution < 1.29 is 4.79 Å². The Morgan fingerprint density at radius 1 is 1.16 bits per heavy atom. The largest absolute Gasteiger partial charge is 0.366 e. The smallest absolute Gasteiger partial charge is 0.249 e. The average molecular weight is 412 g/mol. The van der Waals surface area contributed by atoms with Gasteiger partial charge in [0.15, 0.2) is 0 Å². The maximum absolute atomic E-state index is 11.9. The van der Waals surface area contributed by atoms with Crippen molar-refractivity contribution in [2.45, 2.75) is 26.4 Å². The Balaban J connectivity index is 1.62. The maximum Gasteiger partial charge on any atom is 0.249 e. The molecule has 0 bridgehead atoms. The van der Waals surface area contributed by atoms with Crippen LogP contribution < -0.4 is 16.4 Å². The summed E-state index contributed by atoms with van der Waals surface area (Å²) in [5, 5.41) is 7.73. The number of rotatable bonds is 5. The summed E-state index contributed by atoms with van der Waals surface area (Å²) in [5.74, 6) is 1.01. The fraction of sp³-hybridized carbons (Fsp3) is 0.208. The van der Waals surface area contributed by atoms with Crippen LogP contribution in [0.15, 0.2) is 54.6 Å². The van der Waals surface area contributed by atoms with Crippen LogP contribution in [0.4, 0.5) is 5.82 Å². The number of carbonyl (C=O) groups excluding carboxylic acids is 1. The molecule has 0 unspecified atom stereocenters. The van der Waals surface area contributed by atoms with Crippen LogP contribution in [0.1, 0.15) is 32.9 Å². The molecule has 1 aliphatic rings. The van der Waals surface area contributed by atoms with Crippen molar-refractivity contribution in [2.75, 3.05) is 11.9 Å². The molecular formula is C24H24N6O. The van der Waals surface area contributed by atoms with Crippen molar-refractivity contribution in [2.24, 2.45) is 5.73 Å². The summed E-state index contributed by atoms with van der Waals surface area (Å²) >= 11 is 0. The van der Waals surface area contributed by atoms with E-state index in [4.69, 9.17) is 15.7 Å². The number of anilines is 1. The molecule has 7 nitrogen and oxygen atoms in total.